The highest BCUT2D eigenvalue weighted by molar-refractivity contribution is 9.10. The molecule has 194 valence electrons. The number of nitrogens with zero attached hydrogens (tertiary/aromatic N) is 1. The van der Waals surface area contributed by atoms with Crippen molar-refractivity contribution in [2.24, 2.45) is 5.73 Å². The van der Waals surface area contributed by atoms with Gasteiger partial charge in [0.1, 0.15) is 0 Å². The number of nitrogens with two attached hydrogens (primary N) is 1. The molecule has 0 spiro atoms. The lowest BCUT2D eigenvalue weighted by Gasteiger charge is -2.21. The highest BCUT2D eigenvalue weighted by Gasteiger charge is 2.36. The van der Waals surface area contributed by atoms with E-state index in [2.05, 4.69) is 27.0 Å². The van der Waals surface area contributed by atoms with Crippen LogP contribution in [0, 0.1) is 0 Å². The molecule has 0 saturated carbocycles. The van der Waals surface area contributed by atoms with E-state index in [0.29, 0.717) is 0 Å². The zero-order chi connectivity index (χ0) is 26.4. The highest BCUT2D eigenvalue weighted by atomic mass is 79.9. The normalized spacial score (nSPS) is 14.4. The van der Waals surface area contributed by atoms with E-state index in [1.165, 1.54) is 38.2 Å². The molecule has 2 aromatic carbocycles. The van der Waals surface area contributed by atoms with Crippen molar-refractivity contribution >= 4 is 43.3 Å². The van der Waals surface area contributed by atoms with Gasteiger partial charge in [0.15, 0.2) is 9.84 Å². The van der Waals surface area contributed by atoms with Crippen LogP contribution in [-0.4, -0.2) is 45.1 Å². The van der Waals surface area contributed by atoms with Crippen LogP contribution in [0.1, 0.15) is 46.8 Å². The first kappa shape index (κ1) is 29.6. The minimum Gasteiger partial charge on any atom is -0.348 e. The number of halogens is 5. The smallest absolute Gasteiger partial charge is 0.348 e. The van der Waals surface area contributed by atoms with E-state index < -0.39 is 27.5 Å². The summed E-state index contributed by atoms with van der Waals surface area (Å²) in [7, 11) is -2.08. The Kier molecular flexibility index (Phi) is 10.6. The van der Waals surface area contributed by atoms with Crippen LogP contribution in [0.15, 0.2) is 39.7 Å². The fourth-order valence-corrected chi connectivity index (χ4v) is 5.67. The van der Waals surface area contributed by atoms with Gasteiger partial charge in [-0.05, 0) is 74.4 Å². The Morgan fingerprint density at radius 3 is 2.37 bits per heavy atom. The van der Waals surface area contributed by atoms with Crippen molar-refractivity contribution in [2.45, 2.75) is 43.9 Å². The summed E-state index contributed by atoms with van der Waals surface area (Å²) in [5.41, 5.74) is 3.80. The standard InChI is InChI=1S/C22H23BrClF3N2O3S.CH5N/c1-2-33(31,32)20-6-5-16(24)9-15(20)12-28-21(30)14-10-18(22(25,26)27)17(19(23)11-14)13-29-7-3-4-8-29;1-2/h5-6,9-11H,2-4,7-8,12-13H2,1H3,(H,28,30);2H2,1H3. The average Bonchev–Trinajstić information content (AvgIpc) is 3.32. The van der Waals surface area contributed by atoms with Crippen LogP contribution in [0.5, 0.6) is 0 Å². The summed E-state index contributed by atoms with van der Waals surface area (Å²) in [5.74, 6) is -0.899. The molecular formula is C23H28BrClF3N3O3S. The van der Waals surface area contributed by atoms with Gasteiger partial charge in [0.2, 0.25) is 0 Å². The second kappa shape index (κ2) is 12.5. The number of likely N-dealkylation sites (tertiary alicyclic amines) is 1. The van der Waals surface area contributed by atoms with Crippen LogP contribution in [0.2, 0.25) is 5.02 Å². The molecule has 35 heavy (non-hydrogen) atoms. The summed E-state index contributed by atoms with van der Waals surface area (Å²) >= 11 is 9.19. The van der Waals surface area contributed by atoms with E-state index >= 15 is 0 Å². The first-order valence-electron chi connectivity index (χ1n) is 10.9. The largest absolute Gasteiger partial charge is 0.416 e. The molecule has 1 heterocycles. The third kappa shape index (κ3) is 7.66. The van der Waals surface area contributed by atoms with E-state index in [9.17, 15) is 26.4 Å². The summed E-state index contributed by atoms with van der Waals surface area (Å²) in [4.78, 5) is 14.7. The maximum atomic E-state index is 13.8. The average molecular weight is 599 g/mol. The molecular weight excluding hydrogens is 571 g/mol. The predicted octanol–water partition coefficient (Wildman–Crippen LogP) is 5.02. The third-order valence-corrected chi connectivity index (χ3v) is 8.29. The van der Waals surface area contributed by atoms with Crippen molar-refractivity contribution in [3.8, 4) is 0 Å². The lowest BCUT2D eigenvalue weighted by molar-refractivity contribution is -0.138. The second-order valence-electron chi connectivity index (χ2n) is 7.80. The lowest BCUT2D eigenvalue weighted by atomic mass is 10.0. The van der Waals surface area contributed by atoms with Crippen LogP contribution in [0.4, 0.5) is 13.2 Å². The van der Waals surface area contributed by atoms with Gasteiger partial charge in [-0.3, -0.25) is 9.69 Å². The fraction of sp³-hybridized carbons (Fsp3) is 0.435. The summed E-state index contributed by atoms with van der Waals surface area (Å²) in [6.07, 6.45) is -2.75. The van der Waals surface area contributed by atoms with Gasteiger partial charge >= 0.3 is 6.18 Å². The van der Waals surface area contributed by atoms with E-state index in [-0.39, 0.29) is 49.9 Å². The molecule has 1 saturated heterocycles. The molecule has 0 unspecified atom stereocenters. The number of nitrogens with one attached hydrogen (secondary N) is 1. The Hall–Kier alpha value is -1.66. The zero-order valence-corrected chi connectivity index (χ0v) is 22.5. The number of hydrogen-bond acceptors (Lipinski definition) is 5. The molecule has 1 fully saturated rings. The molecule has 6 nitrogen and oxygen atoms in total. The van der Waals surface area contributed by atoms with Gasteiger partial charge < -0.3 is 11.1 Å². The maximum Gasteiger partial charge on any atom is 0.416 e. The zero-order valence-electron chi connectivity index (χ0n) is 19.4. The molecule has 1 amide bonds. The van der Waals surface area contributed by atoms with Crippen molar-refractivity contribution in [2.75, 3.05) is 25.9 Å². The molecule has 0 aromatic heterocycles. The Balaban J connectivity index is 0.00000210. The Morgan fingerprint density at radius 2 is 1.80 bits per heavy atom. The Labute approximate surface area is 217 Å². The molecule has 1 aliphatic rings. The summed E-state index contributed by atoms with van der Waals surface area (Å²) < 4.78 is 66.3. The van der Waals surface area contributed by atoms with E-state index in [1.807, 2.05) is 4.90 Å². The van der Waals surface area contributed by atoms with Gasteiger partial charge in [-0.15, -0.1) is 0 Å². The van der Waals surface area contributed by atoms with Crippen LogP contribution >= 0.6 is 27.5 Å². The van der Waals surface area contributed by atoms with Gasteiger partial charge in [-0.25, -0.2) is 8.42 Å². The van der Waals surface area contributed by atoms with Gasteiger partial charge in [-0.2, -0.15) is 13.2 Å². The molecule has 0 aliphatic carbocycles. The van der Waals surface area contributed by atoms with Crippen LogP contribution < -0.4 is 11.1 Å². The van der Waals surface area contributed by atoms with Crippen LogP contribution in [-0.2, 0) is 29.1 Å². The monoisotopic (exact) mass is 597 g/mol. The molecule has 0 bridgehead atoms. The number of carbonyl (C=O) groups is 1. The predicted molar refractivity (Wildman–Crippen MR) is 134 cm³/mol. The SMILES string of the molecule is CCS(=O)(=O)c1ccc(Cl)cc1CNC(=O)c1cc(Br)c(CN2CCCC2)c(C(F)(F)F)c1.CN. The lowest BCUT2D eigenvalue weighted by Crippen LogP contribution is -2.26. The Bertz CT molecular complexity index is 1150. The van der Waals surface area contributed by atoms with Crippen LogP contribution in [0.25, 0.3) is 0 Å². The first-order chi connectivity index (χ1) is 16.4. The molecule has 12 heteroatoms. The molecule has 2 aromatic rings. The van der Waals surface area contributed by atoms with Crippen molar-refractivity contribution in [3.63, 3.8) is 0 Å². The molecule has 3 rings (SSSR count). The number of sulfone groups is 1. The van der Waals surface area contributed by atoms with E-state index in [1.54, 1.807) is 0 Å². The van der Waals surface area contributed by atoms with E-state index in [0.717, 1.165) is 32.0 Å². The van der Waals surface area contributed by atoms with Gasteiger partial charge in [-0.1, -0.05) is 34.5 Å². The molecule has 0 atom stereocenters. The molecule has 0 radical (unpaired) electrons. The third-order valence-electron chi connectivity index (χ3n) is 5.52. The highest BCUT2D eigenvalue weighted by Crippen LogP contribution is 2.37. The molecule has 3 N–H and O–H groups in total. The Morgan fingerprint density at radius 1 is 1.17 bits per heavy atom. The fourth-order valence-electron chi connectivity index (χ4n) is 3.77. The maximum absolute atomic E-state index is 13.8. The minimum atomic E-state index is -4.64. The van der Waals surface area contributed by atoms with Gasteiger partial charge in [0, 0.05) is 28.1 Å². The molecule has 1 aliphatic heterocycles. The summed E-state index contributed by atoms with van der Waals surface area (Å²) in [6, 6.07) is 6.40. The summed E-state index contributed by atoms with van der Waals surface area (Å²) in [6.45, 7) is 2.88. The quantitative estimate of drug-likeness (QED) is 0.467. The number of hydrogen-bond donors (Lipinski definition) is 2. The topological polar surface area (TPSA) is 92.5 Å². The van der Waals surface area contributed by atoms with Crippen molar-refractivity contribution < 1.29 is 26.4 Å². The van der Waals surface area contributed by atoms with Gasteiger partial charge in [0.25, 0.3) is 5.91 Å². The van der Waals surface area contributed by atoms with E-state index in [4.69, 9.17) is 11.6 Å². The number of benzene rings is 2. The number of alkyl halides is 3. The van der Waals surface area contributed by atoms with Crippen molar-refractivity contribution in [3.05, 3.63) is 62.1 Å². The van der Waals surface area contributed by atoms with Gasteiger partial charge in [0.05, 0.1) is 16.2 Å². The minimum absolute atomic E-state index is 0.0211. The first-order valence-corrected chi connectivity index (χ1v) is 13.7. The number of amides is 1. The number of carbonyl (C=O) groups excluding carboxylic acids is 1. The van der Waals surface area contributed by atoms with Crippen molar-refractivity contribution in [1.82, 2.24) is 10.2 Å². The number of rotatable bonds is 7. The second-order valence-corrected chi connectivity index (χ2v) is 11.3. The van der Waals surface area contributed by atoms with Crippen molar-refractivity contribution in [1.29, 1.82) is 0 Å². The summed E-state index contributed by atoms with van der Waals surface area (Å²) in [5, 5.41) is 2.80. The van der Waals surface area contributed by atoms with Crippen LogP contribution in [0.3, 0.4) is 0 Å².